The van der Waals surface area contributed by atoms with E-state index in [1.807, 2.05) is 24.3 Å². The molecular formula is C14H15N3O3. The lowest BCUT2D eigenvalue weighted by Crippen LogP contribution is -2.13. The quantitative estimate of drug-likeness (QED) is 0.375. The van der Waals surface area contributed by atoms with Crippen molar-refractivity contribution in [3.8, 4) is 11.6 Å². The van der Waals surface area contributed by atoms with Crippen LogP contribution in [0.3, 0.4) is 0 Å². The summed E-state index contributed by atoms with van der Waals surface area (Å²) in [6.45, 7) is 0.351. The molecule has 0 aliphatic heterocycles. The van der Waals surface area contributed by atoms with Crippen LogP contribution in [0.1, 0.15) is 11.1 Å². The number of methoxy groups -OCH3 is 1. The Morgan fingerprint density at radius 3 is 2.95 bits per heavy atom. The van der Waals surface area contributed by atoms with Gasteiger partial charge in [-0.3, -0.25) is 0 Å². The maximum atomic E-state index is 8.63. The first-order valence-electron chi connectivity index (χ1n) is 5.92. The highest BCUT2D eigenvalue weighted by molar-refractivity contribution is 5.97. The van der Waals surface area contributed by atoms with E-state index in [0.29, 0.717) is 18.1 Å². The minimum Gasteiger partial charge on any atom is -0.497 e. The number of oxime groups is 1. The molecule has 0 unspecified atom stereocenters. The van der Waals surface area contributed by atoms with Gasteiger partial charge < -0.3 is 20.4 Å². The lowest BCUT2D eigenvalue weighted by Gasteiger charge is -2.07. The van der Waals surface area contributed by atoms with Gasteiger partial charge >= 0.3 is 0 Å². The van der Waals surface area contributed by atoms with Crippen molar-refractivity contribution < 1.29 is 14.7 Å². The Hall–Kier alpha value is -2.76. The molecule has 1 aromatic heterocycles. The zero-order chi connectivity index (χ0) is 14.4. The molecule has 6 heteroatoms. The van der Waals surface area contributed by atoms with Crippen molar-refractivity contribution in [2.45, 2.75) is 6.61 Å². The second-order valence-electron chi connectivity index (χ2n) is 4.01. The van der Waals surface area contributed by atoms with Crippen molar-refractivity contribution in [3.63, 3.8) is 0 Å². The predicted molar refractivity (Wildman–Crippen MR) is 74.1 cm³/mol. The van der Waals surface area contributed by atoms with Crippen LogP contribution >= 0.6 is 0 Å². The van der Waals surface area contributed by atoms with Gasteiger partial charge in [0.2, 0.25) is 5.88 Å². The fraction of sp³-hybridized carbons (Fsp3) is 0.143. The van der Waals surface area contributed by atoms with Crippen molar-refractivity contribution in [3.05, 3.63) is 53.7 Å². The van der Waals surface area contributed by atoms with Gasteiger partial charge in [-0.15, -0.1) is 0 Å². The molecule has 1 heterocycles. The summed E-state index contributed by atoms with van der Waals surface area (Å²) in [6.07, 6.45) is 1.54. The Kier molecular flexibility index (Phi) is 4.39. The Balaban J connectivity index is 2.07. The van der Waals surface area contributed by atoms with E-state index in [-0.39, 0.29) is 5.84 Å². The number of nitrogens with zero attached hydrogens (tertiary/aromatic N) is 2. The largest absolute Gasteiger partial charge is 0.497 e. The van der Waals surface area contributed by atoms with E-state index in [1.165, 1.54) is 6.20 Å². The summed E-state index contributed by atoms with van der Waals surface area (Å²) in [5.41, 5.74) is 7.01. The molecule has 104 valence electrons. The predicted octanol–water partition coefficient (Wildman–Crippen LogP) is 1.76. The second kappa shape index (κ2) is 6.42. The molecule has 0 fully saturated rings. The number of hydrogen-bond acceptors (Lipinski definition) is 5. The van der Waals surface area contributed by atoms with Gasteiger partial charge in [0.05, 0.1) is 7.11 Å². The summed E-state index contributed by atoms with van der Waals surface area (Å²) >= 11 is 0. The molecule has 6 nitrogen and oxygen atoms in total. The normalized spacial score (nSPS) is 11.2. The Labute approximate surface area is 116 Å². The minimum atomic E-state index is 0.0126. The molecular weight excluding hydrogens is 258 g/mol. The number of hydrogen-bond donors (Lipinski definition) is 2. The van der Waals surface area contributed by atoms with Crippen molar-refractivity contribution in [1.29, 1.82) is 0 Å². The molecule has 0 amide bonds. The fourth-order valence-electron chi connectivity index (χ4n) is 1.62. The molecule has 0 atom stereocenters. The highest BCUT2D eigenvalue weighted by Crippen LogP contribution is 2.15. The summed E-state index contributed by atoms with van der Waals surface area (Å²) in [5.74, 6) is 1.18. The molecule has 1 aromatic carbocycles. The number of benzene rings is 1. The number of ether oxygens (including phenoxy) is 2. The van der Waals surface area contributed by atoms with Crippen LogP contribution in [0.2, 0.25) is 0 Å². The standard InChI is InChI=1S/C14H15N3O3/c1-19-12-4-2-3-10(7-12)9-20-13-8-11(5-6-16-13)14(15)17-18/h2-8,18H,9H2,1H3,(H2,15,17). The van der Waals surface area contributed by atoms with Gasteiger partial charge in [-0.25, -0.2) is 4.98 Å². The van der Waals surface area contributed by atoms with Gasteiger partial charge in [0, 0.05) is 17.8 Å². The van der Waals surface area contributed by atoms with Gasteiger partial charge in [-0.2, -0.15) is 0 Å². The molecule has 3 N–H and O–H groups in total. The average molecular weight is 273 g/mol. The summed E-state index contributed by atoms with van der Waals surface area (Å²) in [6, 6.07) is 10.8. The summed E-state index contributed by atoms with van der Waals surface area (Å²) in [7, 11) is 1.61. The van der Waals surface area contributed by atoms with Crippen molar-refractivity contribution in [1.82, 2.24) is 4.98 Å². The van der Waals surface area contributed by atoms with Crippen LogP contribution in [0, 0.1) is 0 Å². The number of rotatable bonds is 5. The van der Waals surface area contributed by atoms with Gasteiger partial charge in [0.25, 0.3) is 0 Å². The van der Waals surface area contributed by atoms with E-state index in [9.17, 15) is 0 Å². The minimum absolute atomic E-state index is 0.0126. The first-order valence-corrected chi connectivity index (χ1v) is 5.92. The molecule has 20 heavy (non-hydrogen) atoms. The lowest BCUT2D eigenvalue weighted by atomic mass is 10.2. The molecule has 0 aliphatic rings. The molecule has 2 aromatic rings. The molecule has 0 radical (unpaired) electrons. The van der Waals surface area contributed by atoms with Gasteiger partial charge in [-0.05, 0) is 23.8 Å². The van der Waals surface area contributed by atoms with E-state index in [2.05, 4.69) is 10.1 Å². The zero-order valence-electron chi connectivity index (χ0n) is 11.0. The lowest BCUT2D eigenvalue weighted by molar-refractivity contribution is 0.293. The van der Waals surface area contributed by atoms with Crippen LogP contribution in [-0.4, -0.2) is 23.1 Å². The molecule has 0 saturated heterocycles. The van der Waals surface area contributed by atoms with Crippen LogP contribution in [0.4, 0.5) is 0 Å². The van der Waals surface area contributed by atoms with Crippen LogP contribution in [0.25, 0.3) is 0 Å². The Morgan fingerprint density at radius 2 is 2.20 bits per heavy atom. The van der Waals surface area contributed by atoms with Crippen LogP contribution in [-0.2, 0) is 6.61 Å². The van der Waals surface area contributed by atoms with E-state index < -0.39 is 0 Å². The Bertz CT molecular complexity index is 614. The Morgan fingerprint density at radius 1 is 1.35 bits per heavy atom. The van der Waals surface area contributed by atoms with Crippen molar-refractivity contribution >= 4 is 5.84 Å². The highest BCUT2D eigenvalue weighted by Gasteiger charge is 2.03. The number of amidine groups is 1. The summed E-state index contributed by atoms with van der Waals surface area (Å²) in [4.78, 5) is 4.07. The number of pyridine rings is 1. The smallest absolute Gasteiger partial charge is 0.214 e. The number of aromatic nitrogens is 1. The van der Waals surface area contributed by atoms with Crippen LogP contribution < -0.4 is 15.2 Å². The molecule has 2 rings (SSSR count). The third-order valence-corrected chi connectivity index (χ3v) is 2.66. The monoisotopic (exact) mass is 273 g/mol. The molecule has 0 saturated carbocycles. The van der Waals surface area contributed by atoms with Crippen LogP contribution in [0.15, 0.2) is 47.8 Å². The molecule has 0 spiro atoms. The maximum Gasteiger partial charge on any atom is 0.214 e. The highest BCUT2D eigenvalue weighted by atomic mass is 16.5. The second-order valence-corrected chi connectivity index (χ2v) is 4.01. The third-order valence-electron chi connectivity index (χ3n) is 2.66. The first kappa shape index (κ1) is 13.7. The topological polar surface area (TPSA) is 90.0 Å². The fourth-order valence-corrected chi connectivity index (χ4v) is 1.62. The van der Waals surface area contributed by atoms with Crippen molar-refractivity contribution in [2.75, 3.05) is 7.11 Å². The van der Waals surface area contributed by atoms with Gasteiger partial charge in [0.15, 0.2) is 5.84 Å². The summed E-state index contributed by atoms with van der Waals surface area (Å²) in [5, 5.41) is 11.6. The van der Waals surface area contributed by atoms with E-state index in [1.54, 1.807) is 19.2 Å². The third kappa shape index (κ3) is 3.38. The molecule has 0 aliphatic carbocycles. The SMILES string of the molecule is COc1cccc(COc2cc(/C(N)=N/O)ccn2)c1. The number of nitrogens with two attached hydrogens (primary N) is 1. The van der Waals surface area contributed by atoms with Gasteiger partial charge in [0.1, 0.15) is 12.4 Å². The molecule has 0 bridgehead atoms. The van der Waals surface area contributed by atoms with Crippen molar-refractivity contribution in [2.24, 2.45) is 10.9 Å². The van der Waals surface area contributed by atoms with Crippen LogP contribution in [0.5, 0.6) is 11.6 Å². The zero-order valence-corrected chi connectivity index (χ0v) is 11.0. The van der Waals surface area contributed by atoms with E-state index >= 15 is 0 Å². The first-order chi connectivity index (χ1) is 9.72. The summed E-state index contributed by atoms with van der Waals surface area (Å²) < 4.78 is 10.7. The average Bonchev–Trinajstić information content (AvgIpc) is 2.52. The maximum absolute atomic E-state index is 8.63. The van der Waals surface area contributed by atoms with Gasteiger partial charge in [-0.1, -0.05) is 17.3 Å². The van der Waals surface area contributed by atoms with E-state index in [4.69, 9.17) is 20.4 Å². The van der Waals surface area contributed by atoms with E-state index in [0.717, 1.165) is 11.3 Å².